The van der Waals surface area contributed by atoms with Gasteiger partial charge in [0.1, 0.15) is 23.4 Å². The van der Waals surface area contributed by atoms with Crippen molar-refractivity contribution in [3.63, 3.8) is 0 Å². The molecule has 1 aromatic heterocycles. The summed E-state index contributed by atoms with van der Waals surface area (Å²) in [5.74, 6) is 1.38. The van der Waals surface area contributed by atoms with Gasteiger partial charge in [0.05, 0.1) is 24.2 Å². The van der Waals surface area contributed by atoms with Gasteiger partial charge in [0.15, 0.2) is 0 Å². The minimum absolute atomic E-state index is 0.0885. The van der Waals surface area contributed by atoms with Crippen molar-refractivity contribution in [1.82, 2.24) is 9.71 Å². The lowest BCUT2D eigenvalue weighted by atomic mass is 9.97. The zero-order valence-corrected chi connectivity index (χ0v) is 23.7. The molecule has 1 unspecified atom stereocenters. The third kappa shape index (κ3) is 8.96. The maximum absolute atomic E-state index is 11.9. The number of aromatic nitrogens is 1. The molecule has 0 saturated carbocycles. The van der Waals surface area contributed by atoms with E-state index in [-0.39, 0.29) is 24.2 Å². The number of benzene rings is 1. The molecule has 0 radical (unpaired) electrons. The predicted molar refractivity (Wildman–Crippen MR) is 152 cm³/mol. The van der Waals surface area contributed by atoms with Gasteiger partial charge in [-0.05, 0) is 62.1 Å². The molecule has 2 N–H and O–H groups in total. The Morgan fingerprint density at radius 2 is 1.90 bits per heavy atom. The van der Waals surface area contributed by atoms with Gasteiger partial charge < -0.3 is 19.3 Å². The Kier molecular flexibility index (Phi) is 9.32. The van der Waals surface area contributed by atoms with Gasteiger partial charge in [0.2, 0.25) is 21.8 Å². The number of sulfonamides is 1. The maximum Gasteiger partial charge on any atom is 0.235 e. The van der Waals surface area contributed by atoms with Crippen molar-refractivity contribution in [3.05, 3.63) is 84.3 Å². The molecule has 1 saturated heterocycles. The van der Waals surface area contributed by atoms with Crippen LogP contribution in [0.5, 0.6) is 17.4 Å². The van der Waals surface area contributed by atoms with Crippen molar-refractivity contribution in [3.8, 4) is 17.4 Å². The third-order valence-corrected chi connectivity index (χ3v) is 7.96. The standard InChI is InChI=1S/C30H36N2O7S/c1-21-8-11-24(38-25-12-9-22(10-13-25)23-18-28(33)32-40(35,36)20-23)6-4-5-7-27(21)39-26-14-15-29(31-19-26)37-17-16-30(2,3)34/h4-5,7,9-10,12-15,19,23-24,34H,1,6,8,11,16-18,20H2,2-3H3,(H,32,33)/b5-4-,27-7?/t23?,24-/m0/s1. The van der Waals surface area contributed by atoms with Crippen LogP contribution in [0.1, 0.15) is 57.4 Å². The molecular formula is C30H36N2O7S. The molecule has 2 aliphatic rings. The largest absolute Gasteiger partial charge is 0.490 e. The second-order valence-electron chi connectivity index (χ2n) is 10.7. The summed E-state index contributed by atoms with van der Waals surface area (Å²) in [7, 11) is -3.59. The van der Waals surface area contributed by atoms with Gasteiger partial charge in [0.25, 0.3) is 0 Å². The molecular weight excluding hydrogens is 532 g/mol. The highest BCUT2D eigenvalue weighted by atomic mass is 32.2. The van der Waals surface area contributed by atoms with E-state index in [4.69, 9.17) is 14.2 Å². The molecule has 2 heterocycles. The van der Waals surface area contributed by atoms with E-state index in [0.717, 1.165) is 17.6 Å². The summed E-state index contributed by atoms with van der Waals surface area (Å²) >= 11 is 0. The van der Waals surface area contributed by atoms with E-state index in [1.165, 1.54) is 0 Å². The monoisotopic (exact) mass is 568 g/mol. The van der Waals surface area contributed by atoms with Gasteiger partial charge >= 0.3 is 0 Å². The second kappa shape index (κ2) is 12.7. The lowest BCUT2D eigenvalue weighted by Crippen LogP contribution is -2.40. The van der Waals surface area contributed by atoms with E-state index in [0.29, 0.717) is 49.0 Å². The Bertz CT molecular complexity index is 1360. The Morgan fingerprint density at radius 1 is 1.15 bits per heavy atom. The van der Waals surface area contributed by atoms with E-state index >= 15 is 0 Å². The SMILES string of the molecule is C=C1CC[C@@H](Oc2ccc(C3CC(=O)NS(=O)(=O)C3)cc2)C/C=C\C=C1Oc1ccc(OCCC(C)(C)O)nc1. The summed E-state index contributed by atoms with van der Waals surface area (Å²) in [4.78, 5) is 16.0. The van der Waals surface area contributed by atoms with Crippen LogP contribution in [-0.2, 0) is 14.8 Å². The average Bonchev–Trinajstić information content (AvgIpc) is 2.95. The molecule has 0 bridgehead atoms. The van der Waals surface area contributed by atoms with E-state index in [2.05, 4.69) is 11.6 Å². The smallest absolute Gasteiger partial charge is 0.235 e. The molecule has 2 atom stereocenters. The molecule has 40 heavy (non-hydrogen) atoms. The number of hydrogen-bond acceptors (Lipinski definition) is 8. The van der Waals surface area contributed by atoms with Crippen LogP contribution in [0.3, 0.4) is 0 Å². The number of pyridine rings is 1. The minimum atomic E-state index is -3.59. The Balaban J connectivity index is 1.29. The van der Waals surface area contributed by atoms with Crippen LogP contribution in [0, 0.1) is 0 Å². The number of nitrogens with zero attached hydrogens (tertiary/aromatic N) is 1. The summed E-state index contributed by atoms with van der Waals surface area (Å²) in [6, 6.07) is 10.8. The first-order chi connectivity index (χ1) is 19.0. The molecule has 1 fully saturated rings. The first kappa shape index (κ1) is 29.4. The Morgan fingerprint density at radius 3 is 2.58 bits per heavy atom. The number of allylic oxidation sites excluding steroid dienone is 3. The summed E-state index contributed by atoms with van der Waals surface area (Å²) in [6.07, 6.45) is 10.0. The highest BCUT2D eigenvalue weighted by molar-refractivity contribution is 7.90. The molecule has 214 valence electrons. The molecule has 1 aliphatic carbocycles. The summed E-state index contributed by atoms with van der Waals surface area (Å²) < 4.78 is 43.7. The molecule has 0 spiro atoms. The van der Waals surface area contributed by atoms with Crippen molar-refractivity contribution in [1.29, 1.82) is 0 Å². The number of rotatable bonds is 9. The number of amides is 1. The topological polar surface area (TPSA) is 124 Å². The van der Waals surface area contributed by atoms with Crippen LogP contribution in [0.25, 0.3) is 0 Å². The molecule has 1 aromatic carbocycles. The van der Waals surface area contributed by atoms with Crippen molar-refractivity contribution < 1.29 is 32.5 Å². The van der Waals surface area contributed by atoms with E-state index in [1.807, 2.05) is 47.2 Å². The van der Waals surface area contributed by atoms with Gasteiger partial charge in [-0.2, -0.15) is 0 Å². The lowest BCUT2D eigenvalue weighted by molar-refractivity contribution is -0.119. The normalized spacial score (nSPS) is 22.1. The number of hydrogen-bond donors (Lipinski definition) is 2. The maximum atomic E-state index is 11.9. The van der Waals surface area contributed by atoms with Gasteiger partial charge in [-0.15, -0.1) is 0 Å². The Hall–Kier alpha value is -3.63. The fourth-order valence-corrected chi connectivity index (χ4v) is 5.72. The number of ether oxygens (including phenoxy) is 3. The number of nitrogens with one attached hydrogen (secondary N) is 1. The fourth-order valence-electron chi connectivity index (χ4n) is 4.37. The van der Waals surface area contributed by atoms with Gasteiger partial charge in [-0.3, -0.25) is 9.52 Å². The van der Waals surface area contributed by atoms with Crippen molar-refractivity contribution in [2.45, 2.75) is 63.6 Å². The van der Waals surface area contributed by atoms with E-state index in [9.17, 15) is 18.3 Å². The first-order valence-corrected chi connectivity index (χ1v) is 14.9. The van der Waals surface area contributed by atoms with E-state index < -0.39 is 21.5 Å². The van der Waals surface area contributed by atoms with E-state index in [1.54, 1.807) is 32.2 Å². The zero-order valence-electron chi connectivity index (χ0n) is 22.8. The Labute approximate surface area is 235 Å². The first-order valence-electron chi connectivity index (χ1n) is 13.3. The van der Waals surface area contributed by atoms with Gasteiger partial charge in [-0.25, -0.2) is 13.4 Å². The van der Waals surface area contributed by atoms with Gasteiger partial charge in [-0.1, -0.05) is 30.9 Å². The molecule has 4 rings (SSSR count). The van der Waals surface area contributed by atoms with Crippen LogP contribution >= 0.6 is 0 Å². The molecule has 9 nitrogen and oxygen atoms in total. The molecule has 2 aromatic rings. The third-order valence-electron chi connectivity index (χ3n) is 6.58. The zero-order chi connectivity index (χ0) is 28.8. The predicted octanol–water partition coefficient (Wildman–Crippen LogP) is 4.56. The summed E-state index contributed by atoms with van der Waals surface area (Å²) in [5.41, 5.74) is 0.831. The quantitative estimate of drug-likeness (QED) is 0.451. The lowest BCUT2D eigenvalue weighted by Gasteiger charge is -2.23. The van der Waals surface area contributed by atoms with Crippen LogP contribution in [-0.4, -0.2) is 48.5 Å². The van der Waals surface area contributed by atoms with Crippen LogP contribution < -0.4 is 18.9 Å². The minimum Gasteiger partial charge on any atom is -0.490 e. The fraction of sp³-hybridized carbons (Fsp3) is 0.400. The number of carbonyl (C=O) groups is 1. The molecule has 10 heteroatoms. The van der Waals surface area contributed by atoms with Crippen LogP contribution in [0.4, 0.5) is 0 Å². The van der Waals surface area contributed by atoms with Crippen molar-refractivity contribution in [2.24, 2.45) is 0 Å². The van der Waals surface area contributed by atoms with Gasteiger partial charge in [0, 0.05) is 31.2 Å². The summed E-state index contributed by atoms with van der Waals surface area (Å²) in [6.45, 7) is 8.03. The molecule has 1 amide bonds. The average molecular weight is 569 g/mol. The molecule has 1 aliphatic heterocycles. The second-order valence-corrected chi connectivity index (χ2v) is 12.5. The summed E-state index contributed by atoms with van der Waals surface area (Å²) in [5, 5.41) is 9.80. The van der Waals surface area contributed by atoms with Crippen LogP contribution in [0.2, 0.25) is 0 Å². The highest BCUT2D eigenvalue weighted by Crippen LogP contribution is 2.29. The van der Waals surface area contributed by atoms with Crippen LogP contribution in [0.15, 0.2) is 78.7 Å². The van der Waals surface area contributed by atoms with Crippen molar-refractivity contribution in [2.75, 3.05) is 12.4 Å². The number of aliphatic hydroxyl groups is 1. The highest BCUT2D eigenvalue weighted by Gasteiger charge is 2.30. The number of carbonyl (C=O) groups excluding carboxylic acids is 1. The van der Waals surface area contributed by atoms with Crippen molar-refractivity contribution >= 4 is 15.9 Å².